The molecule has 3 rings (SSSR count). The van der Waals surface area contributed by atoms with Crippen molar-refractivity contribution in [2.45, 2.75) is 20.5 Å². The molecule has 0 radical (unpaired) electrons. The van der Waals surface area contributed by atoms with Crippen molar-refractivity contribution in [2.75, 3.05) is 5.32 Å². The minimum absolute atomic E-state index is 0.0204. The van der Waals surface area contributed by atoms with Gasteiger partial charge in [-0.05, 0) is 29.8 Å². The van der Waals surface area contributed by atoms with E-state index in [2.05, 4.69) is 25.3 Å². The highest BCUT2D eigenvalue weighted by atomic mass is 35.5. The predicted molar refractivity (Wildman–Crippen MR) is 95.1 cm³/mol. The summed E-state index contributed by atoms with van der Waals surface area (Å²) < 4.78 is 0. The quantitative estimate of drug-likeness (QED) is 0.700. The highest BCUT2D eigenvalue weighted by Gasteiger charge is 2.05. The molecule has 1 aromatic carbocycles. The largest absolute Gasteiger partial charge is 0.392 e. The van der Waals surface area contributed by atoms with Gasteiger partial charge in [-0.15, -0.1) is 0 Å². The van der Waals surface area contributed by atoms with E-state index < -0.39 is 0 Å². The summed E-state index contributed by atoms with van der Waals surface area (Å²) in [5.74, 6) is 0.910. The molecule has 0 aliphatic rings. The molecule has 0 aliphatic carbocycles. The lowest BCUT2D eigenvalue weighted by molar-refractivity contribution is 0.282. The molecule has 2 heterocycles. The zero-order chi connectivity index (χ0) is 17.4. The summed E-state index contributed by atoms with van der Waals surface area (Å²) in [5.41, 5.74) is 2.35. The van der Waals surface area contributed by atoms with Crippen LogP contribution in [0.2, 0.25) is 5.15 Å². The summed E-state index contributed by atoms with van der Waals surface area (Å²) >= 11 is 5.88. The molecule has 0 aliphatic heterocycles. The number of pyridine rings is 1. The Hall–Kier alpha value is -2.57. The van der Waals surface area contributed by atoms with Crippen molar-refractivity contribution < 1.29 is 5.11 Å². The molecule has 24 heavy (non-hydrogen) atoms. The number of nitrogens with zero attached hydrogens (tertiary/aromatic N) is 4. The lowest BCUT2D eigenvalue weighted by Gasteiger charge is -2.07. The molecule has 6 nitrogen and oxygen atoms in total. The molecule has 0 fully saturated rings. The molecule has 124 valence electrons. The van der Waals surface area contributed by atoms with Crippen LogP contribution in [0.15, 0.2) is 48.9 Å². The lowest BCUT2D eigenvalue weighted by Crippen LogP contribution is -2.00. The maximum absolute atomic E-state index is 9.16. The second-order valence-corrected chi connectivity index (χ2v) is 4.87. The zero-order valence-electron chi connectivity index (χ0n) is 13.4. The van der Waals surface area contributed by atoms with E-state index in [1.165, 1.54) is 6.33 Å². The first-order chi connectivity index (χ1) is 11.7. The summed E-state index contributed by atoms with van der Waals surface area (Å²) in [5, 5.41) is 12.6. The van der Waals surface area contributed by atoms with Gasteiger partial charge in [0.15, 0.2) is 5.82 Å². The first-order valence-corrected chi connectivity index (χ1v) is 7.90. The van der Waals surface area contributed by atoms with E-state index in [4.69, 9.17) is 16.7 Å². The monoisotopic (exact) mass is 343 g/mol. The average molecular weight is 344 g/mol. The van der Waals surface area contributed by atoms with Crippen molar-refractivity contribution in [3.63, 3.8) is 0 Å². The third kappa shape index (κ3) is 4.71. The molecule has 0 saturated heterocycles. The van der Waals surface area contributed by atoms with Crippen molar-refractivity contribution in [3.8, 4) is 11.4 Å². The van der Waals surface area contributed by atoms with Crippen LogP contribution in [0.5, 0.6) is 0 Å². The van der Waals surface area contributed by atoms with Gasteiger partial charge in [0, 0.05) is 17.4 Å². The molecule has 7 heteroatoms. The van der Waals surface area contributed by atoms with Crippen LogP contribution in [0, 0.1) is 0 Å². The topological polar surface area (TPSA) is 83.8 Å². The summed E-state index contributed by atoms with van der Waals surface area (Å²) in [6, 6.07) is 10.8. The minimum Gasteiger partial charge on any atom is -0.392 e. The van der Waals surface area contributed by atoms with Crippen LogP contribution in [0.25, 0.3) is 11.4 Å². The number of hydrogen-bond acceptors (Lipinski definition) is 6. The first kappa shape index (κ1) is 17.8. The molecular weight excluding hydrogens is 326 g/mol. The number of benzene rings is 1. The number of anilines is 2. The van der Waals surface area contributed by atoms with E-state index in [1.807, 2.05) is 38.1 Å². The molecule has 0 unspecified atom stereocenters. The Kier molecular flexibility index (Phi) is 6.60. The molecule has 2 N–H and O–H groups in total. The summed E-state index contributed by atoms with van der Waals surface area (Å²) in [6.45, 7) is 3.98. The van der Waals surface area contributed by atoms with Gasteiger partial charge in [-0.25, -0.2) is 15.0 Å². The fraction of sp³-hybridized carbons (Fsp3) is 0.176. The average Bonchev–Trinajstić information content (AvgIpc) is 2.64. The Morgan fingerprint density at radius 2 is 1.92 bits per heavy atom. The summed E-state index contributed by atoms with van der Waals surface area (Å²) in [7, 11) is 0. The lowest BCUT2D eigenvalue weighted by atomic mass is 10.2. The van der Waals surface area contributed by atoms with Crippen LogP contribution in [-0.2, 0) is 6.61 Å². The Bertz CT molecular complexity index is 797. The van der Waals surface area contributed by atoms with Gasteiger partial charge in [-0.1, -0.05) is 37.6 Å². The SMILES string of the molecule is CC.OCc1cccc(Nc2ncnc(-c3ccnc(Cl)c3)n2)c1. The second kappa shape index (κ2) is 8.90. The van der Waals surface area contributed by atoms with Gasteiger partial charge in [0.25, 0.3) is 0 Å². The fourth-order valence-electron chi connectivity index (χ4n) is 1.91. The van der Waals surface area contributed by atoms with E-state index in [-0.39, 0.29) is 6.61 Å². The highest BCUT2D eigenvalue weighted by Crippen LogP contribution is 2.19. The highest BCUT2D eigenvalue weighted by molar-refractivity contribution is 6.29. The number of halogens is 1. The van der Waals surface area contributed by atoms with Gasteiger partial charge < -0.3 is 10.4 Å². The Labute approximate surface area is 145 Å². The van der Waals surface area contributed by atoms with Crippen molar-refractivity contribution in [1.82, 2.24) is 19.9 Å². The van der Waals surface area contributed by atoms with Crippen LogP contribution < -0.4 is 5.32 Å². The van der Waals surface area contributed by atoms with E-state index in [1.54, 1.807) is 18.3 Å². The van der Waals surface area contributed by atoms with E-state index in [0.717, 1.165) is 16.8 Å². The van der Waals surface area contributed by atoms with Gasteiger partial charge in [0.05, 0.1) is 6.61 Å². The molecule has 0 atom stereocenters. The number of nitrogens with one attached hydrogen (secondary N) is 1. The van der Waals surface area contributed by atoms with Crippen LogP contribution in [0.1, 0.15) is 19.4 Å². The van der Waals surface area contributed by atoms with Crippen molar-refractivity contribution in [2.24, 2.45) is 0 Å². The van der Waals surface area contributed by atoms with Crippen LogP contribution in [-0.4, -0.2) is 25.0 Å². The number of aliphatic hydroxyl groups excluding tert-OH is 1. The van der Waals surface area contributed by atoms with Crippen molar-refractivity contribution in [3.05, 3.63) is 59.6 Å². The van der Waals surface area contributed by atoms with Crippen LogP contribution >= 0.6 is 11.6 Å². The number of hydrogen-bond donors (Lipinski definition) is 2. The van der Waals surface area contributed by atoms with E-state index >= 15 is 0 Å². The maximum atomic E-state index is 9.16. The Balaban J connectivity index is 0.00000100. The predicted octanol–water partition coefficient (Wildman–Crippen LogP) is 3.85. The third-order valence-electron chi connectivity index (χ3n) is 2.92. The first-order valence-electron chi connectivity index (χ1n) is 7.52. The second-order valence-electron chi connectivity index (χ2n) is 4.48. The van der Waals surface area contributed by atoms with E-state index in [0.29, 0.717) is 16.9 Å². The molecule has 0 bridgehead atoms. The number of aromatic nitrogens is 4. The Morgan fingerprint density at radius 1 is 1.08 bits per heavy atom. The standard InChI is InChI=1S/C15H12ClN5O.C2H6/c16-13-7-11(4-5-17-13)14-18-9-19-15(21-14)20-12-3-1-2-10(6-12)8-22;1-2/h1-7,9,22H,8H2,(H,18,19,20,21);1-2H3. The zero-order valence-corrected chi connectivity index (χ0v) is 14.2. The molecule has 2 aromatic heterocycles. The minimum atomic E-state index is -0.0204. The smallest absolute Gasteiger partial charge is 0.230 e. The normalized spacial score (nSPS) is 9.83. The molecule has 3 aromatic rings. The van der Waals surface area contributed by atoms with Crippen molar-refractivity contribution in [1.29, 1.82) is 0 Å². The number of rotatable bonds is 4. The fourth-order valence-corrected chi connectivity index (χ4v) is 2.09. The van der Waals surface area contributed by atoms with Gasteiger partial charge in [0.1, 0.15) is 11.5 Å². The van der Waals surface area contributed by atoms with Crippen LogP contribution in [0.4, 0.5) is 11.6 Å². The number of aliphatic hydroxyl groups is 1. The van der Waals surface area contributed by atoms with Crippen LogP contribution in [0.3, 0.4) is 0 Å². The van der Waals surface area contributed by atoms with Crippen molar-refractivity contribution >= 4 is 23.2 Å². The molecule has 0 spiro atoms. The summed E-state index contributed by atoms with van der Waals surface area (Å²) in [6.07, 6.45) is 3.02. The summed E-state index contributed by atoms with van der Waals surface area (Å²) in [4.78, 5) is 16.5. The van der Waals surface area contributed by atoms with Gasteiger partial charge in [0.2, 0.25) is 5.95 Å². The molecular formula is C17H18ClN5O. The maximum Gasteiger partial charge on any atom is 0.230 e. The van der Waals surface area contributed by atoms with Gasteiger partial charge in [-0.3, -0.25) is 0 Å². The Morgan fingerprint density at radius 3 is 2.67 bits per heavy atom. The molecule has 0 saturated carbocycles. The molecule has 0 amide bonds. The van der Waals surface area contributed by atoms with Gasteiger partial charge >= 0.3 is 0 Å². The third-order valence-corrected chi connectivity index (χ3v) is 3.13. The van der Waals surface area contributed by atoms with Gasteiger partial charge in [-0.2, -0.15) is 4.98 Å². The van der Waals surface area contributed by atoms with E-state index in [9.17, 15) is 0 Å².